The van der Waals surface area contributed by atoms with Crippen LogP contribution in [0.25, 0.3) is 0 Å². The molecule has 1 aromatic heterocycles. The highest BCUT2D eigenvalue weighted by molar-refractivity contribution is 7.89. The SMILES string of the molecule is CCn1cc(S(=O)(=O)N2CC(O)(C3CC3)C2)c(N)n1. The van der Waals surface area contributed by atoms with Crippen LogP contribution in [0.4, 0.5) is 5.82 Å². The number of nitrogens with two attached hydrogens (primary N) is 1. The molecule has 0 unspecified atom stereocenters. The molecule has 0 bridgehead atoms. The summed E-state index contributed by atoms with van der Waals surface area (Å²) in [6, 6.07) is 0. The number of aliphatic hydroxyl groups is 1. The average molecular weight is 286 g/mol. The minimum atomic E-state index is -3.63. The Balaban J connectivity index is 1.82. The maximum Gasteiger partial charge on any atom is 0.248 e. The molecule has 0 radical (unpaired) electrons. The van der Waals surface area contributed by atoms with Crippen molar-refractivity contribution < 1.29 is 13.5 Å². The van der Waals surface area contributed by atoms with Crippen molar-refractivity contribution in [1.82, 2.24) is 14.1 Å². The zero-order chi connectivity index (χ0) is 13.8. The normalized spacial score (nSPS) is 23.3. The quantitative estimate of drug-likeness (QED) is 0.786. The van der Waals surface area contributed by atoms with Gasteiger partial charge in [0.15, 0.2) is 5.82 Å². The van der Waals surface area contributed by atoms with E-state index in [1.807, 2.05) is 6.92 Å². The monoisotopic (exact) mass is 286 g/mol. The summed E-state index contributed by atoms with van der Waals surface area (Å²) in [6.07, 6.45) is 3.42. The Morgan fingerprint density at radius 2 is 2.16 bits per heavy atom. The van der Waals surface area contributed by atoms with Crippen LogP contribution in [0.2, 0.25) is 0 Å². The summed E-state index contributed by atoms with van der Waals surface area (Å²) in [7, 11) is -3.63. The lowest BCUT2D eigenvalue weighted by Gasteiger charge is -2.45. The van der Waals surface area contributed by atoms with Crippen LogP contribution >= 0.6 is 0 Å². The van der Waals surface area contributed by atoms with Gasteiger partial charge in [-0.3, -0.25) is 4.68 Å². The molecule has 106 valence electrons. The van der Waals surface area contributed by atoms with E-state index in [-0.39, 0.29) is 29.7 Å². The summed E-state index contributed by atoms with van der Waals surface area (Å²) in [6.45, 7) is 2.75. The summed E-state index contributed by atoms with van der Waals surface area (Å²) >= 11 is 0. The van der Waals surface area contributed by atoms with E-state index in [0.29, 0.717) is 6.54 Å². The van der Waals surface area contributed by atoms with Crippen LogP contribution in [-0.2, 0) is 16.6 Å². The first-order chi connectivity index (χ1) is 8.87. The van der Waals surface area contributed by atoms with Gasteiger partial charge >= 0.3 is 0 Å². The fourth-order valence-corrected chi connectivity index (χ4v) is 4.16. The van der Waals surface area contributed by atoms with Crippen molar-refractivity contribution in [3.63, 3.8) is 0 Å². The lowest BCUT2D eigenvalue weighted by molar-refractivity contribution is -0.0764. The van der Waals surface area contributed by atoms with E-state index in [2.05, 4.69) is 5.10 Å². The maximum atomic E-state index is 12.4. The molecule has 2 fully saturated rings. The molecule has 2 aliphatic rings. The molecule has 0 spiro atoms. The second-order valence-corrected chi connectivity index (χ2v) is 7.29. The number of β-amino-alcohol motifs (C(OH)–C–C–N with tert-alkyl or cyclic N) is 1. The topological polar surface area (TPSA) is 101 Å². The van der Waals surface area contributed by atoms with Crippen LogP contribution in [0.15, 0.2) is 11.1 Å². The highest BCUT2D eigenvalue weighted by Gasteiger charge is 2.55. The summed E-state index contributed by atoms with van der Waals surface area (Å²) < 4.78 is 27.5. The fourth-order valence-electron chi connectivity index (χ4n) is 2.53. The predicted octanol–water partition coefficient (Wildman–Crippen LogP) is -0.369. The van der Waals surface area contributed by atoms with Gasteiger partial charge in [0.1, 0.15) is 4.90 Å². The Bertz CT molecular complexity index is 599. The van der Waals surface area contributed by atoms with E-state index in [0.717, 1.165) is 12.8 Å². The average Bonchev–Trinajstić information content (AvgIpc) is 3.08. The number of aryl methyl sites for hydroxylation is 1. The number of sulfonamides is 1. The highest BCUT2D eigenvalue weighted by atomic mass is 32.2. The molecule has 19 heavy (non-hydrogen) atoms. The lowest BCUT2D eigenvalue weighted by Crippen LogP contribution is -2.64. The highest BCUT2D eigenvalue weighted by Crippen LogP contribution is 2.46. The van der Waals surface area contributed by atoms with Crippen molar-refractivity contribution in [3.8, 4) is 0 Å². The van der Waals surface area contributed by atoms with Crippen molar-refractivity contribution in [2.75, 3.05) is 18.8 Å². The first kappa shape index (κ1) is 12.9. The number of hydrogen-bond donors (Lipinski definition) is 2. The van der Waals surface area contributed by atoms with Gasteiger partial charge < -0.3 is 10.8 Å². The lowest BCUT2D eigenvalue weighted by atomic mass is 9.91. The van der Waals surface area contributed by atoms with E-state index in [9.17, 15) is 13.5 Å². The van der Waals surface area contributed by atoms with Crippen LogP contribution in [0.3, 0.4) is 0 Å². The third-order valence-electron chi connectivity index (χ3n) is 3.93. The molecule has 1 aliphatic heterocycles. The molecule has 0 atom stereocenters. The van der Waals surface area contributed by atoms with Gasteiger partial charge in [0.2, 0.25) is 10.0 Å². The van der Waals surface area contributed by atoms with Gasteiger partial charge in [-0.15, -0.1) is 0 Å². The van der Waals surface area contributed by atoms with E-state index in [1.165, 1.54) is 15.2 Å². The van der Waals surface area contributed by atoms with E-state index in [4.69, 9.17) is 5.73 Å². The zero-order valence-corrected chi connectivity index (χ0v) is 11.6. The number of nitrogen functional groups attached to an aromatic ring is 1. The van der Waals surface area contributed by atoms with Crippen LogP contribution < -0.4 is 5.73 Å². The smallest absolute Gasteiger partial charge is 0.248 e. The molecule has 8 heteroatoms. The van der Waals surface area contributed by atoms with Gasteiger partial charge in [-0.2, -0.15) is 9.40 Å². The molecule has 0 amide bonds. The molecular formula is C11H18N4O3S. The summed E-state index contributed by atoms with van der Waals surface area (Å²) in [5.74, 6) is 0.276. The Labute approximate surface area is 112 Å². The third kappa shape index (κ3) is 1.94. The predicted molar refractivity (Wildman–Crippen MR) is 68.7 cm³/mol. The van der Waals surface area contributed by atoms with Crippen molar-refractivity contribution in [2.24, 2.45) is 5.92 Å². The van der Waals surface area contributed by atoms with Gasteiger partial charge in [0, 0.05) is 25.8 Å². The molecule has 7 nitrogen and oxygen atoms in total. The van der Waals surface area contributed by atoms with Gasteiger partial charge in [0.25, 0.3) is 0 Å². The second-order valence-electron chi connectivity index (χ2n) is 5.39. The van der Waals surface area contributed by atoms with Crippen molar-refractivity contribution >= 4 is 15.8 Å². The molecule has 0 aromatic carbocycles. The number of nitrogens with zero attached hydrogens (tertiary/aromatic N) is 3. The summed E-state index contributed by atoms with van der Waals surface area (Å²) in [5, 5.41) is 14.1. The van der Waals surface area contributed by atoms with Gasteiger partial charge in [-0.1, -0.05) is 0 Å². The van der Waals surface area contributed by atoms with E-state index >= 15 is 0 Å². The largest absolute Gasteiger partial charge is 0.387 e. The summed E-state index contributed by atoms with van der Waals surface area (Å²) in [5.41, 5.74) is 4.83. The molecular weight excluding hydrogens is 268 g/mol. The Morgan fingerprint density at radius 3 is 2.63 bits per heavy atom. The van der Waals surface area contributed by atoms with Gasteiger partial charge in [0.05, 0.1) is 5.60 Å². The fraction of sp³-hybridized carbons (Fsp3) is 0.727. The number of anilines is 1. The van der Waals surface area contributed by atoms with Gasteiger partial charge in [-0.05, 0) is 25.7 Å². The molecule has 1 saturated heterocycles. The zero-order valence-electron chi connectivity index (χ0n) is 10.8. The van der Waals surface area contributed by atoms with E-state index in [1.54, 1.807) is 0 Å². The first-order valence-electron chi connectivity index (χ1n) is 6.42. The Hall–Kier alpha value is -1.12. The van der Waals surface area contributed by atoms with Crippen LogP contribution in [-0.4, -0.2) is 46.3 Å². The standard InChI is InChI=1S/C11H18N4O3S/c1-2-14-5-9(10(12)13-14)19(17,18)15-6-11(16,7-15)8-3-4-8/h5,8,16H,2-4,6-7H2,1H3,(H2,12,13). The number of rotatable bonds is 4. The maximum absolute atomic E-state index is 12.4. The molecule has 3 rings (SSSR count). The van der Waals surface area contributed by atoms with Crippen molar-refractivity contribution in [1.29, 1.82) is 0 Å². The Kier molecular flexibility index (Phi) is 2.67. The number of aromatic nitrogens is 2. The minimum absolute atomic E-state index is 0.0173. The molecule has 3 N–H and O–H groups in total. The van der Waals surface area contributed by atoms with Crippen molar-refractivity contribution in [2.45, 2.75) is 36.8 Å². The molecule has 1 saturated carbocycles. The van der Waals surface area contributed by atoms with Crippen LogP contribution in [0, 0.1) is 5.92 Å². The van der Waals surface area contributed by atoms with E-state index < -0.39 is 15.6 Å². The Morgan fingerprint density at radius 1 is 1.53 bits per heavy atom. The molecule has 1 aliphatic carbocycles. The second kappa shape index (κ2) is 3.94. The summed E-state index contributed by atoms with van der Waals surface area (Å²) in [4.78, 5) is 0.0344. The minimum Gasteiger partial charge on any atom is -0.387 e. The van der Waals surface area contributed by atoms with Gasteiger partial charge in [-0.25, -0.2) is 8.42 Å². The van der Waals surface area contributed by atoms with Crippen molar-refractivity contribution in [3.05, 3.63) is 6.20 Å². The molecule has 1 aromatic rings. The first-order valence-corrected chi connectivity index (χ1v) is 7.86. The van der Waals surface area contributed by atoms with Crippen LogP contribution in [0.5, 0.6) is 0 Å². The third-order valence-corrected chi connectivity index (χ3v) is 5.74. The molecule has 2 heterocycles. The number of hydrogen-bond acceptors (Lipinski definition) is 5. The van der Waals surface area contributed by atoms with Crippen LogP contribution in [0.1, 0.15) is 19.8 Å².